The molecule has 1 aliphatic heterocycles. The summed E-state index contributed by atoms with van der Waals surface area (Å²) in [5.41, 5.74) is 3.92. The predicted octanol–water partition coefficient (Wildman–Crippen LogP) is 7.96. The maximum absolute atomic E-state index is 6.67. The van der Waals surface area contributed by atoms with Gasteiger partial charge in [-0.2, -0.15) is 9.97 Å². The Morgan fingerprint density at radius 2 is 1.56 bits per heavy atom. The first-order valence-electron chi connectivity index (χ1n) is 13.0. The summed E-state index contributed by atoms with van der Waals surface area (Å²) in [7, 11) is 0. The first-order chi connectivity index (χ1) is 19.8. The summed E-state index contributed by atoms with van der Waals surface area (Å²) in [6.07, 6.45) is 1.14. The molecule has 0 spiro atoms. The standard InChI is InChI=1S/C30H26Cl3N5O3/c1-17-3-7-22(8-4-17)39-15-25-24(40-23-9-5-18(2)6-10-23)14-26(41-25)38-16-34-29-27(38)28(33)36-30(37-29)35-21-12-19(31)11-20(32)13-21/h3-13,16,24-26H,14-15H2,1-2H3,(H,35,36,37)/t24-,25+,26+/m0/s1. The number of rotatable bonds is 8. The zero-order valence-corrected chi connectivity index (χ0v) is 24.5. The van der Waals surface area contributed by atoms with Crippen LogP contribution in [-0.4, -0.2) is 38.3 Å². The molecule has 1 N–H and O–H groups in total. The Bertz CT molecular complexity index is 1660. The van der Waals surface area contributed by atoms with Gasteiger partial charge in [-0.3, -0.25) is 4.57 Å². The van der Waals surface area contributed by atoms with Crippen molar-refractivity contribution < 1.29 is 14.2 Å². The fraction of sp³-hybridized carbons (Fsp3) is 0.233. The topological polar surface area (TPSA) is 83.3 Å². The number of ether oxygens (including phenoxy) is 3. The average molecular weight is 611 g/mol. The number of anilines is 2. The molecule has 3 heterocycles. The van der Waals surface area contributed by atoms with Crippen LogP contribution in [0.4, 0.5) is 11.6 Å². The Morgan fingerprint density at radius 3 is 2.24 bits per heavy atom. The molecule has 0 saturated carbocycles. The molecule has 1 aliphatic rings. The zero-order chi connectivity index (χ0) is 28.5. The van der Waals surface area contributed by atoms with Gasteiger partial charge in [0.05, 0.1) is 6.33 Å². The van der Waals surface area contributed by atoms with Gasteiger partial charge in [0.1, 0.15) is 42.1 Å². The molecule has 0 aliphatic carbocycles. The van der Waals surface area contributed by atoms with Gasteiger partial charge in [-0.1, -0.05) is 70.2 Å². The van der Waals surface area contributed by atoms with Crippen LogP contribution in [0.3, 0.4) is 0 Å². The second-order valence-electron chi connectivity index (χ2n) is 9.90. The molecular weight excluding hydrogens is 585 g/mol. The molecule has 1 fully saturated rings. The van der Waals surface area contributed by atoms with Crippen molar-refractivity contribution in [2.24, 2.45) is 0 Å². The van der Waals surface area contributed by atoms with Crippen molar-refractivity contribution in [3.8, 4) is 11.5 Å². The minimum atomic E-state index is -0.422. The molecule has 0 unspecified atom stereocenters. The third kappa shape index (κ3) is 6.36. The molecule has 210 valence electrons. The van der Waals surface area contributed by atoms with Gasteiger partial charge < -0.3 is 19.5 Å². The van der Waals surface area contributed by atoms with Gasteiger partial charge in [0.25, 0.3) is 0 Å². The van der Waals surface area contributed by atoms with E-state index < -0.39 is 6.23 Å². The highest BCUT2D eigenvalue weighted by Gasteiger charge is 2.39. The van der Waals surface area contributed by atoms with E-state index in [-0.39, 0.29) is 23.3 Å². The van der Waals surface area contributed by atoms with Crippen molar-refractivity contribution in [2.75, 3.05) is 11.9 Å². The smallest absolute Gasteiger partial charge is 0.230 e. The van der Waals surface area contributed by atoms with Crippen LogP contribution >= 0.6 is 34.8 Å². The Kier molecular flexibility index (Phi) is 7.90. The monoisotopic (exact) mass is 609 g/mol. The van der Waals surface area contributed by atoms with E-state index in [1.54, 1.807) is 24.5 Å². The highest BCUT2D eigenvalue weighted by Crippen LogP contribution is 2.36. The normalized spacial score (nSPS) is 18.5. The summed E-state index contributed by atoms with van der Waals surface area (Å²) in [6, 6.07) is 20.9. The largest absolute Gasteiger partial charge is 0.491 e. The van der Waals surface area contributed by atoms with E-state index in [4.69, 9.17) is 49.0 Å². The Balaban J connectivity index is 1.25. The molecule has 1 saturated heterocycles. The van der Waals surface area contributed by atoms with Crippen LogP contribution < -0.4 is 14.8 Å². The summed E-state index contributed by atoms with van der Waals surface area (Å²) in [6.45, 7) is 4.39. The molecule has 5 aromatic rings. The van der Waals surface area contributed by atoms with E-state index in [0.717, 1.165) is 22.6 Å². The lowest BCUT2D eigenvalue weighted by molar-refractivity contribution is -0.0340. The number of aryl methyl sites for hydroxylation is 2. The quantitative estimate of drug-likeness (QED) is 0.178. The predicted molar refractivity (Wildman–Crippen MR) is 161 cm³/mol. The van der Waals surface area contributed by atoms with Crippen LogP contribution in [0.1, 0.15) is 23.8 Å². The minimum Gasteiger partial charge on any atom is -0.491 e. The second kappa shape index (κ2) is 11.7. The molecule has 0 amide bonds. The number of aromatic nitrogens is 4. The average Bonchev–Trinajstić information content (AvgIpc) is 3.53. The highest BCUT2D eigenvalue weighted by atomic mass is 35.5. The van der Waals surface area contributed by atoms with Gasteiger partial charge in [0.15, 0.2) is 10.8 Å². The maximum Gasteiger partial charge on any atom is 0.230 e. The van der Waals surface area contributed by atoms with Crippen LogP contribution in [0.15, 0.2) is 73.1 Å². The van der Waals surface area contributed by atoms with Gasteiger partial charge in [0.2, 0.25) is 5.95 Å². The first-order valence-corrected chi connectivity index (χ1v) is 14.2. The van der Waals surface area contributed by atoms with E-state index in [2.05, 4.69) is 20.3 Å². The van der Waals surface area contributed by atoms with Gasteiger partial charge in [-0.15, -0.1) is 0 Å². The number of imidazole rings is 1. The third-order valence-electron chi connectivity index (χ3n) is 6.74. The van der Waals surface area contributed by atoms with E-state index in [0.29, 0.717) is 39.9 Å². The number of halogens is 3. The summed E-state index contributed by atoms with van der Waals surface area (Å²) in [5, 5.41) is 4.28. The van der Waals surface area contributed by atoms with Crippen LogP contribution in [0.5, 0.6) is 11.5 Å². The number of nitrogens with zero attached hydrogens (tertiary/aromatic N) is 4. The van der Waals surface area contributed by atoms with Crippen molar-refractivity contribution in [2.45, 2.75) is 38.7 Å². The molecule has 3 aromatic carbocycles. The molecule has 8 nitrogen and oxygen atoms in total. The van der Waals surface area contributed by atoms with E-state index >= 15 is 0 Å². The van der Waals surface area contributed by atoms with E-state index in [1.165, 1.54) is 0 Å². The number of hydrogen-bond acceptors (Lipinski definition) is 7. The first kappa shape index (κ1) is 27.6. The molecule has 3 atom stereocenters. The number of fused-ring (bicyclic) bond motifs is 1. The van der Waals surface area contributed by atoms with E-state index in [1.807, 2.05) is 66.9 Å². The van der Waals surface area contributed by atoms with Crippen molar-refractivity contribution in [3.05, 3.63) is 99.4 Å². The number of hydrogen-bond donors (Lipinski definition) is 1. The van der Waals surface area contributed by atoms with Crippen molar-refractivity contribution in [3.63, 3.8) is 0 Å². The Hall–Kier alpha value is -3.56. The fourth-order valence-electron chi connectivity index (χ4n) is 4.68. The van der Waals surface area contributed by atoms with Crippen LogP contribution in [0.2, 0.25) is 15.2 Å². The lowest BCUT2D eigenvalue weighted by atomic mass is 10.1. The molecule has 11 heteroatoms. The molecular formula is C30H26Cl3N5O3. The van der Waals surface area contributed by atoms with Gasteiger partial charge in [-0.05, 0) is 56.3 Å². The van der Waals surface area contributed by atoms with Gasteiger partial charge >= 0.3 is 0 Å². The minimum absolute atomic E-state index is 0.224. The van der Waals surface area contributed by atoms with Gasteiger partial charge in [0, 0.05) is 22.2 Å². The molecule has 6 rings (SSSR count). The SMILES string of the molecule is Cc1ccc(OC[C@H]2O[C@@H](n3cnc4nc(Nc5cc(Cl)cc(Cl)c5)nc(Cl)c43)C[C@@H]2Oc2ccc(C)cc2)cc1. The Morgan fingerprint density at radius 1 is 0.902 bits per heavy atom. The summed E-state index contributed by atoms with van der Waals surface area (Å²) in [4.78, 5) is 13.5. The van der Waals surface area contributed by atoms with Crippen LogP contribution in [0, 0.1) is 13.8 Å². The van der Waals surface area contributed by atoms with Crippen molar-refractivity contribution in [1.29, 1.82) is 0 Å². The number of nitrogens with one attached hydrogen (secondary N) is 1. The van der Waals surface area contributed by atoms with Crippen molar-refractivity contribution in [1.82, 2.24) is 19.5 Å². The van der Waals surface area contributed by atoms with Crippen LogP contribution in [-0.2, 0) is 4.74 Å². The lowest BCUT2D eigenvalue weighted by Crippen LogP contribution is -2.32. The third-order valence-corrected chi connectivity index (χ3v) is 7.44. The summed E-state index contributed by atoms with van der Waals surface area (Å²) < 4.78 is 20.8. The second-order valence-corrected chi connectivity index (χ2v) is 11.1. The number of benzene rings is 3. The van der Waals surface area contributed by atoms with E-state index in [9.17, 15) is 0 Å². The Labute approximate surface area is 252 Å². The zero-order valence-electron chi connectivity index (χ0n) is 22.2. The van der Waals surface area contributed by atoms with Gasteiger partial charge in [-0.25, -0.2) is 4.98 Å². The molecule has 0 bridgehead atoms. The molecule has 41 heavy (non-hydrogen) atoms. The summed E-state index contributed by atoms with van der Waals surface area (Å²) >= 11 is 18.9. The maximum atomic E-state index is 6.67. The van der Waals surface area contributed by atoms with Crippen LogP contribution in [0.25, 0.3) is 11.2 Å². The fourth-order valence-corrected chi connectivity index (χ4v) is 5.47. The summed E-state index contributed by atoms with van der Waals surface area (Å²) in [5.74, 6) is 1.80. The highest BCUT2D eigenvalue weighted by molar-refractivity contribution is 6.35. The van der Waals surface area contributed by atoms with Crippen molar-refractivity contribution >= 4 is 57.6 Å². The molecule has 0 radical (unpaired) electrons. The molecule has 2 aromatic heterocycles. The lowest BCUT2D eigenvalue weighted by Gasteiger charge is -2.20.